The molecule has 0 spiro atoms. The molecule has 1 atom stereocenters. The zero-order valence-electron chi connectivity index (χ0n) is 12.9. The first-order valence-corrected chi connectivity index (χ1v) is 7.68. The van der Waals surface area contributed by atoms with Crippen molar-refractivity contribution >= 4 is 11.8 Å². The topological polar surface area (TPSA) is 84.7 Å². The van der Waals surface area contributed by atoms with E-state index in [1.54, 1.807) is 29.2 Å². The van der Waals surface area contributed by atoms with E-state index < -0.39 is 0 Å². The van der Waals surface area contributed by atoms with Gasteiger partial charge in [0.1, 0.15) is 5.75 Å². The quantitative estimate of drug-likeness (QED) is 0.488. The van der Waals surface area contributed by atoms with Crippen LogP contribution in [0.5, 0.6) is 5.75 Å². The van der Waals surface area contributed by atoms with Crippen LogP contribution in [0.25, 0.3) is 0 Å². The van der Waals surface area contributed by atoms with Gasteiger partial charge in [0.15, 0.2) is 0 Å². The van der Waals surface area contributed by atoms with Crippen molar-refractivity contribution in [2.45, 2.75) is 26.2 Å². The number of nitrogens with one attached hydrogen (secondary N) is 1. The van der Waals surface area contributed by atoms with Gasteiger partial charge in [-0.2, -0.15) is 0 Å². The molecule has 22 heavy (non-hydrogen) atoms. The summed E-state index contributed by atoms with van der Waals surface area (Å²) in [6.45, 7) is 3.79. The third-order valence-corrected chi connectivity index (χ3v) is 3.80. The fraction of sp³-hybridized carbons (Fsp3) is 0.500. The summed E-state index contributed by atoms with van der Waals surface area (Å²) in [6.07, 6.45) is 2.51. The minimum absolute atomic E-state index is 0.0587. The first kappa shape index (κ1) is 16.3. The van der Waals surface area contributed by atoms with E-state index in [0.29, 0.717) is 25.3 Å². The lowest BCUT2D eigenvalue weighted by Gasteiger charge is -2.31. The largest absolute Gasteiger partial charge is 0.494 e. The number of nitrogens with zero attached hydrogens (tertiary/aromatic N) is 1. The van der Waals surface area contributed by atoms with Crippen LogP contribution in [0.3, 0.4) is 0 Å². The number of likely N-dealkylation sites (tertiary alicyclic amines) is 1. The predicted molar refractivity (Wildman–Crippen MR) is 83.2 cm³/mol. The summed E-state index contributed by atoms with van der Waals surface area (Å²) in [7, 11) is 0. The first-order chi connectivity index (χ1) is 10.7. The number of carbonyl (C=O) groups is 2. The number of hydrazine groups is 1. The molecule has 1 aromatic rings. The van der Waals surface area contributed by atoms with Crippen LogP contribution in [-0.2, 0) is 4.79 Å². The Morgan fingerprint density at radius 1 is 1.36 bits per heavy atom. The van der Waals surface area contributed by atoms with Gasteiger partial charge in [-0.3, -0.25) is 15.0 Å². The van der Waals surface area contributed by atoms with Crippen LogP contribution < -0.4 is 16.0 Å². The van der Waals surface area contributed by atoms with E-state index in [2.05, 4.69) is 5.43 Å². The van der Waals surface area contributed by atoms with E-state index in [1.165, 1.54) is 0 Å². The van der Waals surface area contributed by atoms with Gasteiger partial charge in [0.05, 0.1) is 12.5 Å². The smallest absolute Gasteiger partial charge is 0.253 e. The number of amides is 2. The molecule has 1 unspecified atom stereocenters. The molecule has 0 aliphatic carbocycles. The molecule has 3 N–H and O–H groups in total. The normalized spacial score (nSPS) is 17.9. The molecule has 1 heterocycles. The summed E-state index contributed by atoms with van der Waals surface area (Å²) in [5.41, 5.74) is 2.78. The molecule has 2 rings (SSSR count). The molecule has 0 saturated carbocycles. The van der Waals surface area contributed by atoms with Crippen LogP contribution in [0.4, 0.5) is 0 Å². The minimum Gasteiger partial charge on any atom is -0.494 e. The number of benzene rings is 1. The summed E-state index contributed by atoms with van der Waals surface area (Å²) in [5.74, 6) is 5.44. The Bertz CT molecular complexity index is 516. The van der Waals surface area contributed by atoms with Crippen LogP contribution in [0.1, 0.15) is 36.5 Å². The number of hydrogen-bond acceptors (Lipinski definition) is 4. The van der Waals surface area contributed by atoms with Gasteiger partial charge in [0.2, 0.25) is 5.91 Å². The monoisotopic (exact) mass is 305 g/mol. The van der Waals surface area contributed by atoms with E-state index in [-0.39, 0.29) is 17.7 Å². The summed E-state index contributed by atoms with van der Waals surface area (Å²) in [5, 5.41) is 0. The van der Waals surface area contributed by atoms with E-state index in [4.69, 9.17) is 10.6 Å². The molecule has 6 nitrogen and oxygen atoms in total. The Morgan fingerprint density at radius 2 is 2.09 bits per heavy atom. The molecule has 6 heteroatoms. The minimum atomic E-state index is -0.227. The lowest BCUT2D eigenvalue weighted by molar-refractivity contribution is -0.126. The van der Waals surface area contributed by atoms with Gasteiger partial charge >= 0.3 is 0 Å². The number of ether oxygens (including phenoxy) is 1. The Labute approximate surface area is 130 Å². The average Bonchev–Trinajstić information content (AvgIpc) is 2.59. The molecule has 1 aliphatic heterocycles. The van der Waals surface area contributed by atoms with Crippen molar-refractivity contribution in [3.05, 3.63) is 29.8 Å². The predicted octanol–water partition coefficient (Wildman–Crippen LogP) is 1.32. The zero-order valence-corrected chi connectivity index (χ0v) is 12.9. The van der Waals surface area contributed by atoms with Crippen molar-refractivity contribution < 1.29 is 14.3 Å². The highest BCUT2D eigenvalue weighted by molar-refractivity contribution is 5.94. The summed E-state index contributed by atoms with van der Waals surface area (Å²) >= 11 is 0. The van der Waals surface area contributed by atoms with Gasteiger partial charge < -0.3 is 9.64 Å². The fourth-order valence-electron chi connectivity index (χ4n) is 2.59. The molecule has 0 bridgehead atoms. The fourth-order valence-corrected chi connectivity index (χ4v) is 2.59. The third-order valence-electron chi connectivity index (χ3n) is 3.80. The van der Waals surface area contributed by atoms with Crippen LogP contribution in [-0.4, -0.2) is 36.4 Å². The van der Waals surface area contributed by atoms with E-state index in [9.17, 15) is 9.59 Å². The summed E-state index contributed by atoms with van der Waals surface area (Å²) < 4.78 is 5.51. The Hall–Kier alpha value is -2.08. The lowest BCUT2D eigenvalue weighted by Crippen LogP contribution is -2.46. The molecule has 1 aliphatic rings. The van der Waals surface area contributed by atoms with Crippen LogP contribution in [0.15, 0.2) is 24.3 Å². The van der Waals surface area contributed by atoms with Gasteiger partial charge in [-0.15, -0.1) is 0 Å². The summed E-state index contributed by atoms with van der Waals surface area (Å²) in [4.78, 5) is 25.8. The van der Waals surface area contributed by atoms with Gasteiger partial charge in [-0.05, 0) is 43.5 Å². The van der Waals surface area contributed by atoms with Gasteiger partial charge in [-0.1, -0.05) is 6.92 Å². The molecule has 0 radical (unpaired) electrons. The van der Waals surface area contributed by atoms with Gasteiger partial charge in [-0.25, -0.2) is 5.84 Å². The second-order valence-corrected chi connectivity index (χ2v) is 5.47. The summed E-state index contributed by atoms with van der Waals surface area (Å²) in [6, 6.07) is 7.13. The molecule has 1 aromatic carbocycles. The third kappa shape index (κ3) is 3.98. The van der Waals surface area contributed by atoms with Gasteiger partial charge in [0, 0.05) is 18.7 Å². The highest BCUT2D eigenvalue weighted by Crippen LogP contribution is 2.20. The zero-order chi connectivity index (χ0) is 15.9. The van der Waals surface area contributed by atoms with Crippen molar-refractivity contribution in [2.75, 3.05) is 19.7 Å². The van der Waals surface area contributed by atoms with Crippen molar-refractivity contribution in [1.82, 2.24) is 10.3 Å². The SMILES string of the molecule is CCCOc1ccc(C(=O)N2CCCC(C(=O)NN)C2)cc1. The molecule has 2 amide bonds. The molecule has 0 aromatic heterocycles. The van der Waals surface area contributed by atoms with Crippen LogP contribution in [0, 0.1) is 5.92 Å². The van der Waals surface area contributed by atoms with E-state index >= 15 is 0 Å². The van der Waals surface area contributed by atoms with Crippen molar-refractivity contribution in [1.29, 1.82) is 0 Å². The van der Waals surface area contributed by atoms with Crippen molar-refractivity contribution in [2.24, 2.45) is 11.8 Å². The lowest BCUT2D eigenvalue weighted by atomic mass is 9.97. The van der Waals surface area contributed by atoms with Gasteiger partial charge in [0.25, 0.3) is 5.91 Å². The van der Waals surface area contributed by atoms with E-state index in [1.807, 2.05) is 6.92 Å². The molecular weight excluding hydrogens is 282 g/mol. The molecule has 1 saturated heterocycles. The maximum Gasteiger partial charge on any atom is 0.253 e. The standard InChI is InChI=1S/C16H23N3O3/c1-2-10-22-14-7-5-12(6-8-14)16(21)19-9-3-4-13(11-19)15(20)18-17/h5-8,13H,2-4,9-11,17H2,1H3,(H,18,20). The number of carbonyl (C=O) groups excluding carboxylic acids is 2. The number of rotatable bonds is 5. The Balaban J connectivity index is 1.99. The second-order valence-electron chi connectivity index (χ2n) is 5.47. The number of nitrogens with two attached hydrogens (primary N) is 1. The molecular formula is C16H23N3O3. The molecule has 1 fully saturated rings. The van der Waals surface area contributed by atoms with Crippen molar-refractivity contribution in [3.63, 3.8) is 0 Å². The number of piperidine rings is 1. The average molecular weight is 305 g/mol. The molecule has 120 valence electrons. The number of hydrogen-bond donors (Lipinski definition) is 2. The Morgan fingerprint density at radius 3 is 2.73 bits per heavy atom. The van der Waals surface area contributed by atoms with Crippen LogP contribution >= 0.6 is 0 Å². The maximum atomic E-state index is 12.5. The first-order valence-electron chi connectivity index (χ1n) is 7.68. The second kappa shape index (κ2) is 7.79. The Kier molecular flexibility index (Phi) is 5.77. The highest BCUT2D eigenvalue weighted by Gasteiger charge is 2.28. The van der Waals surface area contributed by atoms with Crippen molar-refractivity contribution in [3.8, 4) is 5.75 Å². The maximum absolute atomic E-state index is 12.5. The van der Waals surface area contributed by atoms with E-state index in [0.717, 1.165) is 25.0 Å². The van der Waals surface area contributed by atoms with Crippen LogP contribution in [0.2, 0.25) is 0 Å². The highest BCUT2D eigenvalue weighted by atomic mass is 16.5.